The minimum atomic E-state index is -4.70. The zero-order valence-corrected chi connectivity index (χ0v) is 8.62. The minimum absolute atomic E-state index is 0.133. The van der Waals surface area contributed by atoms with Crippen LogP contribution in [-0.4, -0.2) is 18.3 Å². The van der Waals surface area contributed by atoms with Crippen molar-refractivity contribution < 1.29 is 26.5 Å². The number of hydrogen-bond donors (Lipinski definition) is 1. The minimum Gasteiger partial charge on any atom is -0.258 e. The number of hydrogen-bond acceptors (Lipinski definition) is 5. The first-order valence-electron chi connectivity index (χ1n) is 3.80. The molecule has 0 saturated heterocycles. The van der Waals surface area contributed by atoms with Gasteiger partial charge < -0.3 is 0 Å². The summed E-state index contributed by atoms with van der Waals surface area (Å²) in [5.41, 5.74) is -3.31. The number of nitrogens with zero attached hydrogens (tertiary/aromatic N) is 2. The molecule has 0 saturated carbocycles. The number of halogens is 3. The SMILES string of the molecule is NS(=O)(=O)c1ncc(F)c(C(F)F)c1[N+](=O)[O-]. The molecule has 17 heavy (non-hydrogen) atoms. The fraction of sp³-hybridized carbons (Fsp3) is 0.167. The molecule has 1 aromatic heterocycles. The molecule has 0 bridgehead atoms. The number of pyridine rings is 1. The molecule has 1 heterocycles. The molecular formula is C6H4F3N3O4S. The van der Waals surface area contributed by atoms with Crippen molar-refractivity contribution in [2.24, 2.45) is 5.14 Å². The number of primary sulfonamides is 1. The lowest BCUT2D eigenvalue weighted by Crippen LogP contribution is -2.18. The number of sulfonamides is 1. The Morgan fingerprint density at radius 1 is 1.47 bits per heavy atom. The Kier molecular flexibility index (Phi) is 3.33. The van der Waals surface area contributed by atoms with Crippen molar-refractivity contribution >= 4 is 15.7 Å². The summed E-state index contributed by atoms with van der Waals surface area (Å²) in [5.74, 6) is -1.68. The van der Waals surface area contributed by atoms with Gasteiger partial charge in [0.15, 0.2) is 5.82 Å². The highest BCUT2D eigenvalue weighted by Gasteiger charge is 2.35. The molecule has 0 radical (unpaired) electrons. The van der Waals surface area contributed by atoms with Crippen molar-refractivity contribution in [3.8, 4) is 0 Å². The summed E-state index contributed by atoms with van der Waals surface area (Å²) in [4.78, 5) is 11.9. The molecule has 94 valence electrons. The van der Waals surface area contributed by atoms with Crippen molar-refractivity contribution in [2.75, 3.05) is 0 Å². The zero-order chi connectivity index (χ0) is 13.4. The lowest BCUT2D eigenvalue weighted by Gasteiger charge is -2.05. The highest BCUT2D eigenvalue weighted by Crippen LogP contribution is 2.34. The van der Waals surface area contributed by atoms with Crippen LogP contribution in [0, 0.1) is 15.9 Å². The molecule has 0 amide bonds. The molecule has 2 N–H and O–H groups in total. The second kappa shape index (κ2) is 4.25. The molecule has 0 spiro atoms. The maximum Gasteiger partial charge on any atom is 0.319 e. The maximum absolute atomic E-state index is 12.9. The summed E-state index contributed by atoms with van der Waals surface area (Å²) in [6, 6.07) is 0. The molecule has 11 heteroatoms. The second-order valence-corrected chi connectivity index (χ2v) is 4.25. The maximum atomic E-state index is 12.9. The van der Waals surface area contributed by atoms with E-state index in [1.807, 2.05) is 0 Å². The number of nitro groups is 1. The van der Waals surface area contributed by atoms with E-state index in [4.69, 9.17) is 0 Å². The second-order valence-electron chi connectivity index (χ2n) is 2.78. The van der Waals surface area contributed by atoms with Gasteiger partial charge in [-0.25, -0.2) is 31.7 Å². The molecule has 1 rings (SSSR count). The average Bonchev–Trinajstić information content (AvgIpc) is 2.14. The first kappa shape index (κ1) is 13.3. The molecule has 0 aromatic carbocycles. The van der Waals surface area contributed by atoms with Crippen LogP contribution in [0.15, 0.2) is 11.2 Å². The topological polar surface area (TPSA) is 116 Å². The molecule has 7 nitrogen and oxygen atoms in total. The molecule has 0 fully saturated rings. The largest absolute Gasteiger partial charge is 0.319 e. The van der Waals surface area contributed by atoms with Crippen molar-refractivity contribution in [3.63, 3.8) is 0 Å². The van der Waals surface area contributed by atoms with Crippen LogP contribution in [0.4, 0.5) is 18.9 Å². The number of aromatic nitrogens is 1. The van der Waals surface area contributed by atoms with Gasteiger partial charge >= 0.3 is 5.69 Å². The van der Waals surface area contributed by atoms with Crippen LogP contribution in [0.25, 0.3) is 0 Å². The van der Waals surface area contributed by atoms with Gasteiger partial charge in [-0.2, -0.15) is 0 Å². The van der Waals surface area contributed by atoms with E-state index < -0.39 is 43.5 Å². The van der Waals surface area contributed by atoms with Gasteiger partial charge in [-0.3, -0.25) is 10.1 Å². The summed E-state index contributed by atoms with van der Waals surface area (Å²) >= 11 is 0. The van der Waals surface area contributed by atoms with Gasteiger partial charge in [0.05, 0.1) is 11.1 Å². The van der Waals surface area contributed by atoms with Crippen LogP contribution in [0.3, 0.4) is 0 Å². The Balaban J connectivity index is 3.78. The number of alkyl halides is 2. The Hall–Kier alpha value is -1.75. The third-order valence-corrected chi connectivity index (χ3v) is 2.52. The van der Waals surface area contributed by atoms with Crippen LogP contribution < -0.4 is 5.14 Å². The Bertz CT molecular complexity index is 574. The first-order chi connectivity index (χ1) is 7.66. The third kappa shape index (κ3) is 2.50. The van der Waals surface area contributed by atoms with Crippen LogP contribution in [0.1, 0.15) is 12.0 Å². The molecule has 0 atom stereocenters. The van der Waals surface area contributed by atoms with E-state index in [1.165, 1.54) is 0 Å². The third-order valence-electron chi connectivity index (χ3n) is 1.68. The summed E-state index contributed by atoms with van der Waals surface area (Å²) in [5, 5.41) is 13.6. The predicted molar refractivity (Wildman–Crippen MR) is 47.2 cm³/mol. The van der Waals surface area contributed by atoms with Crippen LogP contribution in [-0.2, 0) is 10.0 Å². The highest BCUT2D eigenvalue weighted by molar-refractivity contribution is 7.89. The molecule has 1 aromatic rings. The smallest absolute Gasteiger partial charge is 0.258 e. The van der Waals surface area contributed by atoms with E-state index in [0.717, 1.165) is 0 Å². The van der Waals surface area contributed by atoms with E-state index in [-0.39, 0.29) is 6.20 Å². The molecule has 0 aliphatic rings. The summed E-state index contributed by atoms with van der Waals surface area (Å²) in [7, 11) is -4.70. The number of nitrogens with two attached hydrogens (primary N) is 1. The van der Waals surface area contributed by atoms with Crippen molar-refractivity contribution in [2.45, 2.75) is 11.5 Å². The Labute approximate surface area is 92.3 Å². The standard InChI is InChI=1S/C6H4F3N3O4S/c7-2-1-11-6(17(10,15)16)4(12(13)14)3(2)5(8)9/h1,5H,(H2,10,15,16). The normalized spacial score (nSPS) is 11.8. The highest BCUT2D eigenvalue weighted by atomic mass is 32.2. The molecule has 0 aliphatic heterocycles. The lowest BCUT2D eigenvalue weighted by atomic mass is 10.2. The van der Waals surface area contributed by atoms with Gasteiger partial charge in [0.25, 0.3) is 16.4 Å². The van der Waals surface area contributed by atoms with Crippen molar-refractivity contribution in [3.05, 3.63) is 27.7 Å². The Morgan fingerprint density at radius 2 is 2.00 bits per heavy atom. The predicted octanol–water partition coefficient (Wildman–Crippen LogP) is 0.714. The Morgan fingerprint density at radius 3 is 2.35 bits per heavy atom. The van der Waals surface area contributed by atoms with Crippen LogP contribution >= 0.6 is 0 Å². The van der Waals surface area contributed by atoms with Crippen LogP contribution in [0.5, 0.6) is 0 Å². The quantitative estimate of drug-likeness (QED) is 0.642. The van der Waals surface area contributed by atoms with E-state index in [2.05, 4.69) is 10.1 Å². The van der Waals surface area contributed by atoms with Crippen molar-refractivity contribution in [1.29, 1.82) is 0 Å². The van der Waals surface area contributed by atoms with Gasteiger partial charge in [-0.15, -0.1) is 0 Å². The van der Waals surface area contributed by atoms with Crippen LogP contribution in [0.2, 0.25) is 0 Å². The summed E-state index contributed by atoms with van der Waals surface area (Å²) in [6.07, 6.45) is -3.44. The van der Waals surface area contributed by atoms with E-state index in [0.29, 0.717) is 0 Å². The van der Waals surface area contributed by atoms with E-state index in [1.54, 1.807) is 0 Å². The van der Waals surface area contributed by atoms with Crippen molar-refractivity contribution in [1.82, 2.24) is 4.98 Å². The van der Waals surface area contributed by atoms with E-state index in [9.17, 15) is 31.7 Å². The summed E-state index contributed by atoms with van der Waals surface area (Å²) < 4.78 is 59.5. The van der Waals surface area contributed by atoms with Gasteiger partial charge in [-0.1, -0.05) is 0 Å². The van der Waals surface area contributed by atoms with Gasteiger partial charge in [0.2, 0.25) is 5.03 Å². The number of rotatable bonds is 3. The monoisotopic (exact) mass is 271 g/mol. The lowest BCUT2D eigenvalue weighted by molar-refractivity contribution is -0.390. The fourth-order valence-electron chi connectivity index (χ4n) is 1.07. The zero-order valence-electron chi connectivity index (χ0n) is 7.80. The molecular weight excluding hydrogens is 267 g/mol. The van der Waals surface area contributed by atoms with Gasteiger partial charge in [0.1, 0.15) is 5.56 Å². The average molecular weight is 271 g/mol. The van der Waals surface area contributed by atoms with E-state index >= 15 is 0 Å². The van der Waals surface area contributed by atoms with Gasteiger partial charge in [-0.05, 0) is 0 Å². The molecule has 0 unspecified atom stereocenters. The van der Waals surface area contributed by atoms with Gasteiger partial charge in [0, 0.05) is 0 Å². The first-order valence-corrected chi connectivity index (χ1v) is 5.34. The molecule has 0 aliphatic carbocycles. The fourth-order valence-corrected chi connectivity index (χ4v) is 1.72. The summed E-state index contributed by atoms with van der Waals surface area (Å²) in [6.45, 7) is 0.